The lowest BCUT2D eigenvalue weighted by Gasteiger charge is -2.42. The molecule has 2 aliphatic rings. The molecule has 0 saturated carbocycles. The van der Waals surface area contributed by atoms with Crippen molar-refractivity contribution in [3.05, 3.63) is 222 Å². The fourth-order valence-corrected chi connectivity index (χ4v) is 9.94. The standard InChI is InChI=1S/C58H44N6/c1-57(2)44-25-11-15-29-49(44)63(50-30-16-12-26-45(50)57)48-33-19-24-41(43(48)37-59)40-34-35-42(56-61-54(38-20-7-5-8-21-38)60-55(62-56)39-22-9-6-10-23-39)53(36-40)64-51-31-17-13-27-46(51)58(3,4)47-28-14-18-32-52(47)64/h5-36H,1-4H3. The second-order valence-electron chi connectivity index (χ2n) is 17.6. The SMILES string of the molecule is CC1(C)c2ccccc2N(c2cc(-c3cccc(N4c5ccccc5C(C)(C)c5ccccc54)c3C#N)ccc2-c2nc(-c3ccccc3)nc(-c3ccccc3)n2)c2ccccc21. The van der Waals surface area contributed by atoms with Crippen LogP contribution in [-0.2, 0) is 10.8 Å². The fourth-order valence-electron chi connectivity index (χ4n) is 9.94. The van der Waals surface area contributed by atoms with E-state index in [0.29, 0.717) is 23.0 Å². The van der Waals surface area contributed by atoms with Gasteiger partial charge in [-0.1, -0.05) is 179 Å². The smallest absolute Gasteiger partial charge is 0.166 e. The van der Waals surface area contributed by atoms with Gasteiger partial charge >= 0.3 is 0 Å². The van der Waals surface area contributed by atoms with E-state index in [1.807, 2.05) is 60.7 Å². The summed E-state index contributed by atoms with van der Waals surface area (Å²) in [6, 6.07) is 70.0. The first-order chi connectivity index (χ1) is 31.2. The van der Waals surface area contributed by atoms with Crippen molar-refractivity contribution in [3.8, 4) is 51.4 Å². The van der Waals surface area contributed by atoms with Crippen LogP contribution in [0.4, 0.5) is 34.1 Å². The first-order valence-electron chi connectivity index (χ1n) is 21.8. The normalized spacial score (nSPS) is 14.1. The molecule has 0 unspecified atom stereocenters. The third-order valence-electron chi connectivity index (χ3n) is 13.2. The van der Waals surface area contributed by atoms with E-state index in [0.717, 1.165) is 61.9 Å². The summed E-state index contributed by atoms with van der Waals surface area (Å²) in [5.74, 6) is 1.72. The quantitative estimate of drug-likeness (QED) is 0.166. The Morgan fingerprint density at radius 2 is 0.750 bits per heavy atom. The maximum Gasteiger partial charge on any atom is 0.166 e. The van der Waals surface area contributed by atoms with Crippen LogP contribution in [0.1, 0.15) is 55.5 Å². The van der Waals surface area contributed by atoms with Gasteiger partial charge in [0, 0.05) is 33.1 Å². The molecule has 0 spiro atoms. The minimum atomic E-state index is -0.270. The Balaban J connectivity index is 1.18. The molecule has 0 amide bonds. The lowest BCUT2D eigenvalue weighted by molar-refractivity contribution is 0.631. The number of fused-ring (bicyclic) bond motifs is 4. The summed E-state index contributed by atoms with van der Waals surface area (Å²) in [5, 5.41) is 11.3. The first kappa shape index (κ1) is 38.8. The van der Waals surface area contributed by atoms with Crippen molar-refractivity contribution in [1.29, 1.82) is 5.26 Å². The number of aromatic nitrogens is 3. The van der Waals surface area contributed by atoms with E-state index in [9.17, 15) is 5.26 Å². The minimum absolute atomic E-state index is 0.232. The first-order valence-corrected chi connectivity index (χ1v) is 21.8. The number of para-hydroxylation sites is 4. The molecule has 6 heteroatoms. The van der Waals surface area contributed by atoms with Crippen LogP contribution in [0.2, 0.25) is 0 Å². The Hall–Kier alpha value is -8.14. The van der Waals surface area contributed by atoms with Gasteiger partial charge in [0.05, 0.1) is 39.7 Å². The van der Waals surface area contributed by atoms with Gasteiger partial charge in [-0.15, -0.1) is 0 Å². The van der Waals surface area contributed by atoms with Crippen LogP contribution in [0.25, 0.3) is 45.3 Å². The van der Waals surface area contributed by atoms with Gasteiger partial charge in [0.25, 0.3) is 0 Å². The summed E-state index contributed by atoms with van der Waals surface area (Å²) in [7, 11) is 0. The van der Waals surface area contributed by atoms with Crippen LogP contribution in [0, 0.1) is 11.3 Å². The van der Waals surface area contributed by atoms with Crippen molar-refractivity contribution in [2.75, 3.05) is 9.80 Å². The number of rotatable bonds is 6. The number of nitriles is 1. The van der Waals surface area contributed by atoms with Crippen molar-refractivity contribution in [2.45, 2.75) is 38.5 Å². The molecule has 1 aromatic heterocycles. The summed E-state index contributed by atoms with van der Waals surface area (Å²) >= 11 is 0. The van der Waals surface area contributed by atoms with Gasteiger partial charge in [0.2, 0.25) is 0 Å². The molecule has 0 atom stereocenters. The van der Waals surface area contributed by atoms with Gasteiger partial charge < -0.3 is 9.80 Å². The lowest BCUT2D eigenvalue weighted by atomic mass is 9.73. The Morgan fingerprint density at radius 1 is 0.359 bits per heavy atom. The Labute approximate surface area is 374 Å². The summed E-state index contributed by atoms with van der Waals surface area (Å²) in [6.45, 7) is 9.16. The largest absolute Gasteiger partial charge is 0.309 e. The number of nitrogens with zero attached hydrogens (tertiary/aromatic N) is 6. The van der Waals surface area contributed by atoms with E-state index in [1.165, 1.54) is 22.3 Å². The van der Waals surface area contributed by atoms with Crippen molar-refractivity contribution in [3.63, 3.8) is 0 Å². The van der Waals surface area contributed by atoms with E-state index in [2.05, 4.69) is 177 Å². The van der Waals surface area contributed by atoms with E-state index < -0.39 is 0 Å². The number of hydrogen-bond acceptors (Lipinski definition) is 6. The highest BCUT2D eigenvalue weighted by atomic mass is 15.2. The molecule has 9 aromatic rings. The molecule has 0 aliphatic carbocycles. The highest BCUT2D eigenvalue weighted by molar-refractivity contribution is 5.96. The zero-order valence-corrected chi connectivity index (χ0v) is 36.2. The summed E-state index contributed by atoms with van der Waals surface area (Å²) < 4.78 is 0. The van der Waals surface area contributed by atoms with Gasteiger partial charge in [-0.05, 0) is 70.3 Å². The number of hydrogen-bond donors (Lipinski definition) is 0. The Morgan fingerprint density at radius 3 is 1.20 bits per heavy atom. The zero-order chi connectivity index (χ0) is 43.6. The topological polar surface area (TPSA) is 68.9 Å². The van der Waals surface area contributed by atoms with Crippen molar-refractivity contribution in [1.82, 2.24) is 15.0 Å². The van der Waals surface area contributed by atoms with Crippen molar-refractivity contribution < 1.29 is 0 Å². The van der Waals surface area contributed by atoms with Crippen LogP contribution in [-0.4, -0.2) is 15.0 Å². The Kier molecular flexibility index (Phi) is 9.11. The summed E-state index contributed by atoms with van der Waals surface area (Å²) in [6.07, 6.45) is 0. The van der Waals surface area contributed by atoms with Gasteiger partial charge in [-0.2, -0.15) is 5.26 Å². The molecule has 11 rings (SSSR count). The third kappa shape index (κ3) is 6.12. The highest BCUT2D eigenvalue weighted by Gasteiger charge is 2.39. The molecule has 0 saturated heterocycles. The number of anilines is 6. The van der Waals surface area contributed by atoms with Crippen molar-refractivity contribution >= 4 is 34.1 Å². The molecule has 8 aromatic carbocycles. The molecule has 0 fully saturated rings. The molecular formula is C58H44N6. The monoisotopic (exact) mass is 824 g/mol. The molecule has 6 nitrogen and oxygen atoms in total. The van der Waals surface area contributed by atoms with E-state index in [-0.39, 0.29) is 10.8 Å². The molecule has 306 valence electrons. The van der Waals surface area contributed by atoms with Gasteiger partial charge in [-0.25, -0.2) is 15.0 Å². The van der Waals surface area contributed by atoms with Crippen LogP contribution in [0.5, 0.6) is 0 Å². The molecule has 0 N–H and O–H groups in total. The zero-order valence-electron chi connectivity index (χ0n) is 36.2. The molecule has 0 radical (unpaired) electrons. The molecule has 0 bridgehead atoms. The Bertz CT molecular complexity index is 3150. The summed E-state index contributed by atoms with van der Waals surface area (Å²) in [4.78, 5) is 20.2. The van der Waals surface area contributed by atoms with Crippen LogP contribution >= 0.6 is 0 Å². The van der Waals surface area contributed by atoms with Gasteiger partial charge in [0.1, 0.15) is 6.07 Å². The highest BCUT2D eigenvalue weighted by Crippen LogP contribution is 2.55. The van der Waals surface area contributed by atoms with E-state index in [4.69, 9.17) is 15.0 Å². The van der Waals surface area contributed by atoms with Crippen LogP contribution in [0.15, 0.2) is 194 Å². The maximum absolute atomic E-state index is 11.3. The molecular weight excluding hydrogens is 781 g/mol. The van der Waals surface area contributed by atoms with Crippen LogP contribution < -0.4 is 9.80 Å². The van der Waals surface area contributed by atoms with Gasteiger partial charge in [0.15, 0.2) is 17.5 Å². The molecule has 64 heavy (non-hydrogen) atoms. The van der Waals surface area contributed by atoms with E-state index in [1.54, 1.807) is 0 Å². The number of benzene rings is 8. The lowest BCUT2D eigenvalue weighted by Crippen LogP contribution is -2.31. The van der Waals surface area contributed by atoms with Gasteiger partial charge in [-0.3, -0.25) is 0 Å². The maximum atomic E-state index is 11.3. The van der Waals surface area contributed by atoms with Crippen LogP contribution in [0.3, 0.4) is 0 Å². The second kappa shape index (κ2) is 15.0. The summed E-state index contributed by atoms with van der Waals surface area (Å²) in [5.41, 5.74) is 15.3. The molecule has 3 heterocycles. The predicted octanol–water partition coefficient (Wildman–Crippen LogP) is 14.6. The third-order valence-corrected chi connectivity index (χ3v) is 13.2. The average Bonchev–Trinajstić information content (AvgIpc) is 3.34. The van der Waals surface area contributed by atoms with Crippen molar-refractivity contribution in [2.24, 2.45) is 0 Å². The predicted molar refractivity (Wildman–Crippen MR) is 260 cm³/mol. The minimum Gasteiger partial charge on any atom is -0.309 e. The van der Waals surface area contributed by atoms with E-state index >= 15 is 0 Å². The average molecular weight is 825 g/mol. The molecule has 2 aliphatic heterocycles. The second-order valence-corrected chi connectivity index (χ2v) is 17.6. The fraction of sp³-hybridized carbons (Fsp3) is 0.103.